The molecular formula is C8H10BrNOZn. The van der Waals surface area contributed by atoms with Crippen LogP contribution in [0.1, 0.15) is 13.3 Å². The number of pyridine rings is 1. The van der Waals surface area contributed by atoms with Gasteiger partial charge in [-0.05, 0) is 6.42 Å². The van der Waals surface area contributed by atoms with Gasteiger partial charge in [0.1, 0.15) is 0 Å². The Kier molecular flexibility index (Phi) is 9.18. The van der Waals surface area contributed by atoms with E-state index in [1.807, 2.05) is 12.1 Å². The van der Waals surface area contributed by atoms with E-state index in [1.165, 1.54) is 16.3 Å². The van der Waals surface area contributed by atoms with Crippen molar-refractivity contribution in [2.45, 2.75) is 13.3 Å². The van der Waals surface area contributed by atoms with Gasteiger partial charge in [0.15, 0.2) is 0 Å². The summed E-state index contributed by atoms with van der Waals surface area (Å²) in [4.78, 5) is 3.87. The standard InChI is InChI=1S/C8H10NO.BrH.Zn/c1-2-7-10-8-5-3-4-6-9-8;;/h3-5H,2,7H2,1H3;1H;/q-1;;+2/p-1. The zero-order valence-electron chi connectivity index (χ0n) is 7.09. The Hall–Kier alpha value is 0.0534. The molecule has 0 radical (unpaired) electrons. The average Bonchev–Trinajstić information content (AvgIpc) is 2.19. The molecule has 0 fully saturated rings. The Balaban J connectivity index is 0.000000561. The summed E-state index contributed by atoms with van der Waals surface area (Å²) < 4.78 is 5.21. The molecule has 4 heteroatoms. The molecule has 0 aliphatic heterocycles. The molecule has 1 rings (SSSR count). The van der Waals surface area contributed by atoms with Crippen molar-refractivity contribution >= 4 is 13.6 Å². The molecule has 0 saturated heterocycles. The van der Waals surface area contributed by atoms with Crippen molar-refractivity contribution in [3.05, 3.63) is 24.4 Å². The molecule has 12 heavy (non-hydrogen) atoms. The molecular weight excluding hydrogens is 271 g/mol. The number of hydrogen-bond donors (Lipinski definition) is 0. The Labute approximate surface area is 89.8 Å². The fourth-order valence-electron chi connectivity index (χ4n) is 0.599. The van der Waals surface area contributed by atoms with Gasteiger partial charge in [0, 0.05) is 0 Å². The van der Waals surface area contributed by atoms with Gasteiger partial charge in [-0.15, -0.1) is 6.07 Å². The minimum atomic E-state index is 0.657. The van der Waals surface area contributed by atoms with E-state index < -0.39 is 0 Å². The first-order valence-electron chi connectivity index (χ1n) is 3.66. The number of aromatic nitrogens is 1. The van der Waals surface area contributed by atoms with Crippen molar-refractivity contribution in [2.24, 2.45) is 0 Å². The third-order valence-corrected chi connectivity index (χ3v) is 1.04. The van der Waals surface area contributed by atoms with Gasteiger partial charge in [-0.2, -0.15) is 12.1 Å². The van der Waals surface area contributed by atoms with Gasteiger partial charge in [-0.1, -0.05) is 13.1 Å². The monoisotopic (exact) mass is 279 g/mol. The van der Waals surface area contributed by atoms with Crippen LogP contribution in [0, 0.1) is 6.20 Å². The Morgan fingerprint density at radius 2 is 2.42 bits per heavy atom. The second-order valence-electron chi connectivity index (χ2n) is 1.95. The van der Waals surface area contributed by atoms with Crippen LogP contribution in [-0.4, -0.2) is 11.6 Å². The topological polar surface area (TPSA) is 22.1 Å². The van der Waals surface area contributed by atoms with Crippen molar-refractivity contribution < 1.29 is 21.1 Å². The van der Waals surface area contributed by atoms with Crippen molar-refractivity contribution in [2.75, 3.05) is 6.61 Å². The first-order valence-corrected chi connectivity index (χ1v) is 10.6. The number of ether oxygens (including phenoxy) is 1. The van der Waals surface area contributed by atoms with Crippen LogP contribution in [-0.2, 0) is 16.3 Å². The van der Waals surface area contributed by atoms with Gasteiger partial charge in [-0.3, -0.25) is 0 Å². The second-order valence-corrected chi connectivity index (χ2v) is 1.95. The third kappa shape index (κ3) is 5.67. The first-order chi connectivity index (χ1) is 5.93. The molecule has 0 atom stereocenters. The molecule has 0 spiro atoms. The number of halogens is 1. The molecule has 0 aromatic carbocycles. The Morgan fingerprint density at radius 1 is 1.67 bits per heavy atom. The van der Waals surface area contributed by atoms with Crippen LogP contribution in [0.15, 0.2) is 18.2 Å². The molecule has 0 aliphatic rings. The predicted octanol–water partition coefficient (Wildman–Crippen LogP) is 2.51. The van der Waals surface area contributed by atoms with Crippen LogP contribution in [0.25, 0.3) is 0 Å². The molecule has 1 heterocycles. The Bertz CT molecular complexity index is 184. The molecule has 0 amide bonds. The molecule has 1 aromatic rings. The predicted molar refractivity (Wildman–Crippen MR) is 47.8 cm³/mol. The zero-order valence-corrected chi connectivity index (χ0v) is 11.6. The second kappa shape index (κ2) is 9.14. The van der Waals surface area contributed by atoms with E-state index in [0.29, 0.717) is 5.88 Å². The van der Waals surface area contributed by atoms with Crippen LogP contribution < -0.4 is 4.74 Å². The molecule has 2 nitrogen and oxygen atoms in total. The summed E-state index contributed by atoms with van der Waals surface area (Å²) >= 11 is 4.25. The van der Waals surface area contributed by atoms with Crippen LogP contribution in [0.4, 0.5) is 0 Å². The minimum absolute atomic E-state index is 0.657. The number of nitrogens with zero attached hydrogens (tertiary/aromatic N) is 1. The molecule has 0 unspecified atom stereocenters. The maximum absolute atomic E-state index is 5.21. The molecule has 0 aliphatic carbocycles. The van der Waals surface area contributed by atoms with Crippen molar-refractivity contribution in [1.29, 1.82) is 0 Å². The van der Waals surface area contributed by atoms with Crippen LogP contribution in [0.5, 0.6) is 5.88 Å². The van der Waals surface area contributed by atoms with E-state index in [4.69, 9.17) is 4.74 Å². The van der Waals surface area contributed by atoms with Crippen molar-refractivity contribution in [3.63, 3.8) is 0 Å². The fourth-order valence-corrected chi connectivity index (χ4v) is 0.599. The summed E-state index contributed by atoms with van der Waals surface area (Å²) in [6.45, 7) is 2.79. The third-order valence-electron chi connectivity index (χ3n) is 1.04. The van der Waals surface area contributed by atoms with Crippen molar-refractivity contribution in [3.8, 4) is 5.88 Å². The van der Waals surface area contributed by atoms with Gasteiger partial charge < -0.3 is 9.72 Å². The molecule has 0 bridgehead atoms. The molecule has 0 saturated carbocycles. The van der Waals surface area contributed by atoms with Gasteiger partial charge in [0.25, 0.3) is 0 Å². The number of rotatable bonds is 3. The average molecular weight is 281 g/mol. The SMILES string of the molecule is CCCOc1ccc[c-]n1.[Zn+][Br]. The van der Waals surface area contributed by atoms with Crippen molar-refractivity contribution in [1.82, 2.24) is 4.98 Å². The van der Waals surface area contributed by atoms with E-state index in [1.54, 1.807) is 6.07 Å². The normalized spacial score (nSPS) is 8.33. The number of hydrogen-bond acceptors (Lipinski definition) is 2. The zero-order chi connectivity index (χ0) is 9.23. The van der Waals surface area contributed by atoms with E-state index >= 15 is 0 Å². The summed E-state index contributed by atoms with van der Waals surface area (Å²) in [5.41, 5.74) is 0. The Morgan fingerprint density at radius 3 is 2.92 bits per heavy atom. The van der Waals surface area contributed by atoms with E-state index in [2.05, 4.69) is 31.7 Å². The summed E-state index contributed by atoms with van der Waals surface area (Å²) in [6, 6.07) is 5.43. The quantitative estimate of drug-likeness (QED) is 0.627. The van der Waals surface area contributed by atoms with E-state index in [-0.39, 0.29) is 0 Å². The van der Waals surface area contributed by atoms with Gasteiger partial charge in [0.2, 0.25) is 0 Å². The summed E-state index contributed by atoms with van der Waals surface area (Å²) in [5.74, 6) is 0.657. The van der Waals surface area contributed by atoms with Crippen LogP contribution in [0.3, 0.4) is 0 Å². The van der Waals surface area contributed by atoms with Crippen LogP contribution >= 0.6 is 13.6 Å². The van der Waals surface area contributed by atoms with Gasteiger partial charge in [-0.25, -0.2) is 0 Å². The first kappa shape index (κ1) is 12.1. The van der Waals surface area contributed by atoms with E-state index in [9.17, 15) is 0 Å². The molecule has 62 valence electrons. The fraction of sp³-hybridized carbons (Fsp3) is 0.375. The van der Waals surface area contributed by atoms with Gasteiger partial charge in [0.05, 0.1) is 12.5 Å². The maximum atomic E-state index is 5.21. The van der Waals surface area contributed by atoms with Gasteiger partial charge >= 0.3 is 30.0 Å². The molecule has 0 N–H and O–H groups in total. The van der Waals surface area contributed by atoms with Crippen LogP contribution in [0.2, 0.25) is 0 Å². The summed E-state index contributed by atoms with van der Waals surface area (Å²) in [5, 5.41) is 0. The summed E-state index contributed by atoms with van der Waals surface area (Å²) in [6.07, 6.45) is 3.71. The summed E-state index contributed by atoms with van der Waals surface area (Å²) in [7, 11) is 0. The van der Waals surface area contributed by atoms with E-state index in [0.717, 1.165) is 13.0 Å². The molecule has 1 aromatic heterocycles.